The molecule has 16 heavy (non-hydrogen) atoms. The zero-order valence-electron chi connectivity index (χ0n) is 10.1. The number of nitrogens with zero attached hydrogens (tertiary/aromatic N) is 1. The lowest BCUT2D eigenvalue weighted by Crippen LogP contribution is -2.43. The van der Waals surface area contributed by atoms with Crippen LogP contribution in [0.4, 0.5) is 5.69 Å². The second-order valence-corrected chi connectivity index (χ2v) is 5.13. The van der Waals surface area contributed by atoms with Crippen molar-refractivity contribution in [3.8, 4) is 0 Å². The minimum absolute atomic E-state index is 0.528. The molecule has 0 amide bonds. The molecule has 1 atom stereocenters. The lowest BCUT2D eigenvalue weighted by atomic mass is 10.1. The summed E-state index contributed by atoms with van der Waals surface area (Å²) in [6.45, 7) is 5.50. The van der Waals surface area contributed by atoms with Gasteiger partial charge in [-0.25, -0.2) is 0 Å². The van der Waals surface area contributed by atoms with E-state index in [2.05, 4.69) is 36.2 Å². The van der Waals surface area contributed by atoms with Crippen LogP contribution in [0.3, 0.4) is 0 Å². The van der Waals surface area contributed by atoms with Gasteiger partial charge in [0.05, 0.1) is 0 Å². The first-order valence-electron chi connectivity index (χ1n) is 5.85. The van der Waals surface area contributed by atoms with Gasteiger partial charge < -0.3 is 10.2 Å². The highest BCUT2D eigenvalue weighted by Gasteiger charge is 2.30. The van der Waals surface area contributed by atoms with Crippen molar-refractivity contribution in [2.24, 2.45) is 0 Å². The van der Waals surface area contributed by atoms with Crippen LogP contribution >= 0.6 is 11.6 Å². The maximum atomic E-state index is 6.04. The minimum atomic E-state index is 0.528. The smallest absolute Gasteiger partial charge is 0.0458 e. The fourth-order valence-corrected chi connectivity index (χ4v) is 2.82. The molecule has 0 fully saturated rings. The van der Waals surface area contributed by atoms with E-state index in [1.165, 1.54) is 11.3 Å². The second-order valence-electron chi connectivity index (χ2n) is 4.69. The molecule has 3 heteroatoms. The Morgan fingerprint density at radius 2 is 2.25 bits per heavy atom. The number of anilines is 1. The summed E-state index contributed by atoms with van der Waals surface area (Å²) in [5, 5.41) is 4.11. The summed E-state index contributed by atoms with van der Waals surface area (Å²) in [5.74, 6) is 0. The van der Waals surface area contributed by atoms with Gasteiger partial charge in [-0.1, -0.05) is 11.6 Å². The number of halogens is 1. The molecular formula is C13H19ClN2. The van der Waals surface area contributed by atoms with Gasteiger partial charge in [-0.15, -0.1) is 0 Å². The monoisotopic (exact) mass is 238 g/mol. The van der Waals surface area contributed by atoms with Crippen LogP contribution in [0.2, 0.25) is 5.02 Å². The van der Waals surface area contributed by atoms with E-state index >= 15 is 0 Å². The van der Waals surface area contributed by atoms with Gasteiger partial charge >= 0.3 is 0 Å². The molecule has 1 N–H and O–H groups in total. The maximum absolute atomic E-state index is 6.04. The normalized spacial score (nSPS) is 19.3. The van der Waals surface area contributed by atoms with Crippen molar-refractivity contribution < 1.29 is 0 Å². The van der Waals surface area contributed by atoms with Crippen molar-refractivity contribution in [3.05, 3.63) is 28.8 Å². The molecule has 0 aliphatic carbocycles. The van der Waals surface area contributed by atoms with Gasteiger partial charge in [-0.2, -0.15) is 0 Å². The molecule has 1 aliphatic heterocycles. The zero-order chi connectivity index (χ0) is 11.7. The van der Waals surface area contributed by atoms with Crippen LogP contribution in [0.1, 0.15) is 19.4 Å². The SMILES string of the molecule is CNCC1Cc2cc(Cl)ccc2N1C(C)C. The summed E-state index contributed by atoms with van der Waals surface area (Å²) >= 11 is 6.04. The molecular weight excluding hydrogens is 220 g/mol. The van der Waals surface area contributed by atoms with Crippen molar-refractivity contribution in [2.75, 3.05) is 18.5 Å². The summed E-state index contributed by atoms with van der Waals surface area (Å²) in [6.07, 6.45) is 1.09. The van der Waals surface area contributed by atoms with Crippen LogP contribution in [0, 0.1) is 0 Å². The van der Waals surface area contributed by atoms with Gasteiger partial charge in [0.15, 0.2) is 0 Å². The molecule has 2 nitrogen and oxygen atoms in total. The molecule has 0 aromatic heterocycles. The van der Waals surface area contributed by atoms with E-state index in [1.807, 2.05) is 13.1 Å². The van der Waals surface area contributed by atoms with Gasteiger partial charge in [0.2, 0.25) is 0 Å². The second kappa shape index (κ2) is 4.64. The van der Waals surface area contributed by atoms with Gasteiger partial charge in [0.1, 0.15) is 0 Å². The Morgan fingerprint density at radius 3 is 2.88 bits per heavy atom. The van der Waals surface area contributed by atoms with E-state index < -0.39 is 0 Å². The fourth-order valence-electron chi connectivity index (χ4n) is 2.62. The molecule has 1 aromatic carbocycles. The largest absolute Gasteiger partial charge is 0.364 e. The van der Waals surface area contributed by atoms with E-state index in [4.69, 9.17) is 11.6 Å². The molecule has 1 aromatic rings. The topological polar surface area (TPSA) is 15.3 Å². The third-order valence-corrected chi connectivity index (χ3v) is 3.40. The highest BCUT2D eigenvalue weighted by atomic mass is 35.5. The lowest BCUT2D eigenvalue weighted by molar-refractivity contribution is 0.544. The highest BCUT2D eigenvalue weighted by Crippen LogP contribution is 2.35. The first-order chi connectivity index (χ1) is 7.63. The van der Waals surface area contributed by atoms with Crippen LogP contribution in [-0.4, -0.2) is 25.7 Å². The van der Waals surface area contributed by atoms with E-state index in [-0.39, 0.29) is 0 Å². The average molecular weight is 239 g/mol. The Kier molecular flexibility index (Phi) is 3.41. The average Bonchev–Trinajstić information content (AvgIpc) is 2.55. The summed E-state index contributed by atoms with van der Waals surface area (Å²) in [5.41, 5.74) is 2.72. The lowest BCUT2D eigenvalue weighted by Gasteiger charge is -2.31. The number of hydrogen-bond acceptors (Lipinski definition) is 2. The van der Waals surface area contributed by atoms with E-state index in [0.29, 0.717) is 12.1 Å². The van der Waals surface area contributed by atoms with Gasteiger partial charge in [0.25, 0.3) is 0 Å². The number of fused-ring (bicyclic) bond motifs is 1. The van der Waals surface area contributed by atoms with Crippen molar-refractivity contribution >= 4 is 17.3 Å². The third-order valence-electron chi connectivity index (χ3n) is 3.16. The summed E-state index contributed by atoms with van der Waals surface area (Å²) in [6, 6.07) is 7.31. The Hall–Kier alpha value is -0.730. The first kappa shape index (κ1) is 11.7. The number of benzene rings is 1. The Balaban J connectivity index is 2.33. The van der Waals surface area contributed by atoms with Crippen molar-refractivity contribution in [2.45, 2.75) is 32.4 Å². The Bertz CT molecular complexity index is 376. The third kappa shape index (κ3) is 2.04. The quantitative estimate of drug-likeness (QED) is 0.871. The molecule has 0 spiro atoms. The molecule has 0 saturated heterocycles. The maximum Gasteiger partial charge on any atom is 0.0458 e. The summed E-state index contributed by atoms with van der Waals surface area (Å²) in [4.78, 5) is 2.49. The van der Waals surface area contributed by atoms with Gasteiger partial charge in [-0.05, 0) is 51.1 Å². The van der Waals surface area contributed by atoms with E-state index in [0.717, 1.165) is 18.0 Å². The highest BCUT2D eigenvalue weighted by molar-refractivity contribution is 6.30. The van der Waals surface area contributed by atoms with Crippen LogP contribution < -0.4 is 10.2 Å². The van der Waals surface area contributed by atoms with E-state index in [9.17, 15) is 0 Å². The molecule has 0 bridgehead atoms. The van der Waals surface area contributed by atoms with Gasteiger partial charge in [-0.3, -0.25) is 0 Å². The fraction of sp³-hybridized carbons (Fsp3) is 0.538. The first-order valence-corrected chi connectivity index (χ1v) is 6.22. The van der Waals surface area contributed by atoms with Crippen LogP contribution in [0.5, 0.6) is 0 Å². The van der Waals surface area contributed by atoms with Crippen molar-refractivity contribution in [1.82, 2.24) is 5.32 Å². The van der Waals surface area contributed by atoms with Gasteiger partial charge in [0, 0.05) is 29.3 Å². The predicted octanol–water partition coefficient (Wildman–Crippen LogP) is 2.70. The summed E-state index contributed by atoms with van der Waals surface area (Å²) in [7, 11) is 2.01. The van der Waals surface area contributed by atoms with Crippen LogP contribution in [-0.2, 0) is 6.42 Å². The standard InChI is InChI=1S/C13H19ClN2/c1-9(2)16-12(8-15-3)7-10-6-11(14)4-5-13(10)16/h4-6,9,12,15H,7-8H2,1-3H3. The summed E-state index contributed by atoms with van der Waals surface area (Å²) < 4.78 is 0. The van der Waals surface area contributed by atoms with Crippen molar-refractivity contribution in [3.63, 3.8) is 0 Å². The number of hydrogen-bond donors (Lipinski definition) is 1. The molecule has 2 rings (SSSR count). The molecule has 0 saturated carbocycles. The zero-order valence-corrected chi connectivity index (χ0v) is 10.9. The number of nitrogens with one attached hydrogen (secondary N) is 1. The number of likely N-dealkylation sites (N-methyl/N-ethyl adjacent to an activating group) is 1. The predicted molar refractivity (Wildman–Crippen MR) is 70.5 cm³/mol. The molecule has 1 aliphatic rings. The Labute approximate surface area is 103 Å². The molecule has 88 valence electrons. The molecule has 1 heterocycles. The molecule has 0 radical (unpaired) electrons. The molecule has 1 unspecified atom stereocenters. The van der Waals surface area contributed by atoms with Crippen molar-refractivity contribution in [1.29, 1.82) is 0 Å². The number of rotatable bonds is 3. The van der Waals surface area contributed by atoms with E-state index in [1.54, 1.807) is 0 Å². The van der Waals surface area contributed by atoms with Crippen LogP contribution in [0.25, 0.3) is 0 Å². The van der Waals surface area contributed by atoms with Crippen LogP contribution in [0.15, 0.2) is 18.2 Å². The Morgan fingerprint density at radius 1 is 1.50 bits per heavy atom. The minimum Gasteiger partial charge on any atom is -0.364 e.